The molecule has 14 heteroatoms. The first-order valence-corrected chi connectivity index (χ1v) is 18.0. The minimum Gasteiger partial charge on any atom is -0.494 e. The van der Waals surface area contributed by atoms with Crippen LogP contribution in [0.1, 0.15) is 53.6 Å². The van der Waals surface area contributed by atoms with Gasteiger partial charge in [0.2, 0.25) is 11.9 Å². The highest BCUT2D eigenvalue weighted by atomic mass is 19.4. The van der Waals surface area contributed by atoms with Gasteiger partial charge in [-0.25, -0.2) is 4.98 Å². The summed E-state index contributed by atoms with van der Waals surface area (Å²) in [5, 5.41) is 8.32. The highest BCUT2D eigenvalue weighted by Crippen LogP contribution is 2.61. The van der Waals surface area contributed by atoms with E-state index in [2.05, 4.69) is 35.7 Å². The van der Waals surface area contributed by atoms with Gasteiger partial charge >= 0.3 is 6.18 Å². The van der Waals surface area contributed by atoms with Crippen molar-refractivity contribution in [2.45, 2.75) is 51.2 Å². The molecule has 278 valence electrons. The average Bonchev–Trinajstić information content (AvgIpc) is 3.11. The second kappa shape index (κ2) is 13.8. The molecule has 1 saturated heterocycles. The normalized spacial score (nSPS) is 25.5. The lowest BCUT2D eigenvalue weighted by molar-refractivity contribution is -0.164. The van der Waals surface area contributed by atoms with Crippen molar-refractivity contribution >= 4 is 40.6 Å². The number of hydrogen-bond acceptors (Lipinski definition) is 9. The summed E-state index contributed by atoms with van der Waals surface area (Å²) in [6, 6.07) is 11.1. The fourth-order valence-electron chi connectivity index (χ4n) is 9.73. The summed E-state index contributed by atoms with van der Waals surface area (Å²) in [7, 11) is 6.78. The molecule has 0 radical (unpaired) electrons. The lowest BCUT2D eigenvalue weighted by Gasteiger charge is -2.62. The molecular formula is C38H47F3N8O3. The maximum absolute atomic E-state index is 14.1. The van der Waals surface area contributed by atoms with Crippen molar-refractivity contribution in [2.24, 2.45) is 23.2 Å². The predicted octanol–water partition coefficient (Wildman–Crippen LogP) is 6.06. The number of hydrogen-bond donors (Lipinski definition) is 3. The van der Waals surface area contributed by atoms with Gasteiger partial charge in [-0.2, -0.15) is 18.2 Å². The second-order valence-electron chi connectivity index (χ2n) is 15.1. The molecule has 1 aliphatic heterocycles. The molecule has 11 nitrogen and oxygen atoms in total. The minimum absolute atomic E-state index is 0.0741. The number of nitrogens with zero attached hydrogens (tertiary/aromatic N) is 5. The Hall–Kier alpha value is -4.59. The van der Waals surface area contributed by atoms with Crippen molar-refractivity contribution in [1.29, 1.82) is 0 Å². The number of alkyl halides is 3. The number of aryl methyl sites for hydroxylation is 1. The molecule has 2 atom stereocenters. The molecule has 2 amide bonds. The van der Waals surface area contributed by atoms with Gasteiger partial charge in [-0.1, -0.05) is 12.1 Å². The highest BCUT2D eigenvalue weighted by Gasteiger charge is 2.59. The number of benzene rings is 2. The van der Waals surface area contributed by atoms with Crippen molar-refractivity contribution < 1.29 is 27.5 Å². The zero-order valence-corrected chi connectivity index (χ0v) is 30.3. The molecule has 2 aromatic carbocycles. The number of para-hydroxylation sites is 1. The predicted molar refractivity (Wildman–Crippen MR) is 193 cm³/mol. The van der Waals surface area contributed by atoms with Crippen molar-refractivity contribution in [1.82, 2.24) is 25.1 Å². The Morgan fingerprint density at radius 1 is 1.00 bits per heavy atom. The number of carbonyl (C=O) groups excluding carboxylic acids is 2. The van der Waals surface area contributed by atoms with Crippen molar-refractivity contribution in [3.05, 3.63) is 59.3 Å². The summed E-state index contributed by atoms with van der Waals surface area (Å²) in [6.45, 7) is 5.28. The summed E-state index contributed by atoms with van der Waals surface area (Å²) >= 11 is 0. The minimum atomic E-state index is -4.75. The summed E-state index contributed by atoms with van der Waals surface area (Å²) in [5.41, 5.74) is 1.22. The van der Waals surface area contributed by atoms with E-state index < -0.39 is 23.5 Å². The van der Waals surface area contributed by atoms with Gasteiger partial charge in [0.25, 0.3) is 5.91 Å². The Morgan fingerprint density at radius 3 is 2.35 bits per heavy atom. The van der Waals surface area contributed by atoms with Crippen molar-refractivity contribution in [3.8, 4) is 5.75 Å². The van der Waals surface area contributed by atoms with E-state index in [1.807, 2.05) is 32.3 Å². The number of amides is 2. The number of anilines is 5. The Balaban J connectivity index is 1.05. The molecule has 3 aromatic rings. The molecular weight excluding hydrogens is 673 g/mol. The second-order valence-corrected chi connectivity index (χ2v) is 15.1. The Kier molecular flexibility index (Phi) is 9.47. The number of rotatable bonds is 9. The van der Waals surface area contributed by atoms with Gasteiger partial charge in [-0.15, -0.1) is 0 Å². The van der Waals surface area contributed by atoms with Crippen LogP contribution in [0.5, 0.6) is 5.75 Å². The summed E-state index contributed by atoms with van der Waals surface area (Å²) < 4.78 is 48.0. The number of carbonyl (C=O) groups is 2. The smallest absolute Gasteiger partial charge is 0.421 e. The van der Waals surface area contributed by atoms with Crippen LogP contribution in [0.25, 0.3) is 0 Å². The molecule has 8 rings (SSSR count). The quantitative estimate of drug-likeness (QED) is 0.243. The molecule has 5 fully saturated rings. The molecule has 52 heavy (non-hydrogen) atoms. The number of nitrogens with one attached hydrogen (secondary N) is 3. The fraction of sp³-hybridized carbons (Fsp3) is 0.526. The highest BCUT2D eigenvalue weighted by molar-refractivity contribution is 6.01. The van der Waals surface area contributed by atoms with E-state index in [0.717, 1.165) is 57.3 Å². The maximum Gasteiger partial charge on any atom is 0.421 e. The van der Waals surface area contributed by atoms with Crippen LogP contribution in [0, 0.1) is 30.1 Å². The van der Waals surface area contributed by atoms with Gasteiger partial charge in [0, 0.05) is 71.3 Å². The molecule has 5 aliphatic rings. The number of halogens is 3. The van der Waals surface area contributed by atoms with Gasteiger partial charge in [0.1, 0.15) is 17.1 Å². The molecule has 2 unspecified atom stereocenters. The number of aromatic nitrogens is 2. The maximum atomic E-state index is 14.1. The van der Waals surface area contributed by atoms with E-state index in [4.69, 9.17) is 4.74 Å². The van der Waals surface area contributed by atoms with Crippen LogP contribution in [-0.4, -0.2) is 92.1 Å². The van der Waals surface area contributed by atoms with Crippen LogP contribution in [-0.2, 0) is 11.0 Å². The standard InChI is InChI=1S/C38H47F3N8O3/c1-22-7-6-8-27(34(50)42-2)31(22)45-33-28(38(39,40)41)21-43-36(46-33)44-29-10-9-26(17-30(29)52-5)48-11-13-49(14-12-48)32-24-15-23-16-25(32)20-37(18-23,19-24)35(51)47(3)4/h6-10,17,21,23-25,32H,11-16,18-20H2,1-5H3,(H,42,50)(H2,43,44,45,46)/t23?,24?,25?,32-,37+. The molecule has 3 N–H and O–H groups in total. The largest absolute Gasteiger partial charge is 0.494 e. The summed E-state index contributed by atoms with van der Waals surface area (Å²) in [5.74, 6) is 1.63. The van der Waals surface area contributed by atoms with Gasteiger partial charge < -0.3 is 30.5 Å². The van der Waals surface area contributed by atoms with Gasteiger partial charge in [0.15, 0.2) is 0 Å². The number of ether oxygens (including phenoxy) is 1. The van der Waals surface area contributed by atoms with Crippen molar-refractivity contribution in [3.63, 3.8) is 0 Å². The van der Waals surface area contributed by atoms with Gasteiger partial charge in [-0.3, -0.25) is 14.5 Å². The van der Waals surface area contributed by atoms with Crippen molar-refractivity contribution in [2.75, 3.05) is 70.0 Å². The van der Waals surface area contributed by atoms with Crippen LogP contribution < -0.4 is 25.6 Å². The van der Waals surface area contributed by atoms with E-state index >= 15 is 0 Å². The molecule has 4 bridgehead atoms. The lowest BCUT2D eigenvalue weighted by Crippen LogP contribution is -2.64. The first-order valence-electron chi connectivity index (χ1n) is 18.0. The average molecular weight is 721 g/mol. The van der Waals surface area contributed by atoms with Crippen LogP contribution in [0.15, 0.2) is 42.6 Å². The van der Waals surface area contributed by atoms with Gasteiger partial charge in [-0.05, 0) is 80.5 Å². The Labute approximate surface area is 302 Å². The third kappa shape index (κ3) is 6.61. The molecule has 2 heterocycles. The summed E-state index contributed by atoms with van der Waals surface area (Å²) in [6.07, 6.45) is 1.52. The third-order valence-electron chi connectivity index (χ3n) is 11.7. The van der Waals surface area contributed by atoms with E-state index in [1.54, 1.807) is 31.1 Å². The Morgan fingerprint density at radius 2 is 1.71 bits per heavy atom. The van der Waals surface area contributed by atoms with E-state index in [9.17, 15) is 22.8 Å². The molecule has 4 aliphatic carbocycles. The third-order valence-corrected chi connectivity index (χ3v) is 11.7. The van der Waals surface area contributed by atoms with Gasteiger partial charge in [0.05, 0.1) is 29.5 Å². The SMILES string of the molecule is CNC(=O)c1cccc(C)c1Nc1nc(Nc2ccc(N3CCN([C@H]4C5CC6CC4C[C@@](C(=O)N(C)C)(C6)C5)CC3)cc2OC)ncc1C(F)(F)F. The number of piperazine rings is 1. The van der Waals surface area contributed by atoms with Crippen LogP contribution in [0.4, 0.5) is 42.0 Å². The molecule has 4 saturated carbocycles. The first-order chi connectivity index (χ1) is 24.8. The number of methoxy groups -OCH3 is 1. The summed E-state index contributed by atoms with van der Waals surface area (Å²) in [4.78, 5) is 40.8. The monoisotopic (exact) mass is 720 g/mol. The van der Waals surface area contributed by atoms with Crippen LogP contribution >= 0.6 is 0 Å². The zero-order valence-electron chi connectivity index (χ0n) is 30.3. The van der Waals surface area contributed by atoms with Crippen LogP contribution in [0.2, 0.25) is 0 Å². The fourth-order valence-corrected chi connectivity index (χ4v) is 9.73. The lowest BCUT2D eigenvalue weighted by atomic mass is 9.47. The van der Waals surface area contributed by atoms with Crippen LogP contribution in [0.3, 0.4) is 0 Å². The molecule has 0 spiro atoms. The topological polar surface area (TPSA) is 115 Å². The molecule has 1 aromatic heterocycles. The van der Waals surface area contributed by atoms with E-state index in [0.29, 0.717) is 46.7 Å². The first kappa shape index (κ1) is 35.8. The zero-order chi connectivity index (χ0) is 36.9. The van der Waals surface area contributed by atoms with E-state index in [1.165, 1.54) is 26.0 Å². The van der Waals surface area contributed by atoms with E-state index in [-0.39, 0.29) is 22.6 Å². The Bertz CT molecular complexity index is 1830.